The minimum atomic E-state index is -3.29. The van der Waals surface area contributed by atoms with E-state index in [0.717, 1.165) is 6.26 Å². The number of nitrogens with one attached hydrogen (secondary N) is 2. The molecule has 1 aromatic rings. The number of nitriles is 1. The molecular weight excluding hydrogens is 266 g/mol. The molecule has 0 aliphatic rings. The summed E-state index contributed by atoms with van der Waals surface area (Å²) in [6.07, 6.45) is 1.10. The molecule has 0 fully saturated rings. The highest BCUT2D eigenvalue weighted by Gasteiger charge is 2.22. The van der Waals surface area contributed by atoms with E-state index < -0.39 is 15.6 Å². The van der Waals surface area contributed by atoms with Crippen molar-refractivity contribution in [1.82, 2.24) is 9.71 Å². The van der Waals surface area contributed by atoms with Gasteiger partial charge in [-0.1, -0.05) is 0 Å². The Kier molecular flexibility index (Phi) is 4.34. The van der Waals surface area contributed by atoms with Gasteiger partial charge in [0.25, 0.3) is 0 Å². The summed E-state index contributed by atoms with van der Waals surface area (Å²) in [6.45, 7) is 3.80. The molecule has 8 heteroatoms. The SMILES string of the molecule is CC(C)(CNc1ccc(N)c(C#N)n1)NS(C)(=O)=O. The van der Waals surface area contributed by atoms with E-state index in [2.05, 4.69) is 15.0 Å². The Balaban J connectivity index is 2.75. The molecule has 1 heterocycles. The number of anilines is 2. The molecular formula is C11H17N5O2S. The van der Waals surface area contributed by atoms with Crippen molar-refractivity contribution in [1.29, 1.82) is 5.26 Å². The molecule has 0 amide bonds. The summed E-state index contributed by atoms with van der Waals surface area (Å²) in [4.78, 5) is 4.02. The van der Waals surface area contributed by atoms with Crippen molar-refractivity contribution in [3.05, 3.63) is 17.8 Å². The lowest BCUT2D eigenvalue weighted by Gasteiger charge is -2.25. The Hall–Kier alpha value is -1.85. The Morgan fingerprint density at radius 1 is 1.47 bits per heavy atom. The normalized spacial score (nSPS) is 11.9. The van der Waals surface area contributed by atoms with Gasteiger partial charge in [-0.2, -0.15) is 5.26 Å². The van der Waals surface area contributed by atoms with Gasteiger partial charge in [-0.15, -0.1) is 0 Å². The van der Waals surface area contributed by atoms with Crippen molar-refractivity contribution in [3.63, 3.8) is 0 Å². The van der Waals surface area contributed by atoms with E-state index >= 15 is 0 Å². The summed E-state index contributed by atoms with van der Waals surface area (Å²) in [5.74, 6) is 0.467. The minimum absolute atomic E-state index is 0.138. The molecule has 0 saturated carbocycles. The number of sulfonamides is 1. The molecule has 0 saturated heterocycles. The molecule has 104 valence electrons. The zero-order valence-corrected chi connectivity index (χ0v) is 11.9. The van der Waals surface area contributed by atoms with Crippen LogP contribution in [0.3, 0.4) is 0 Å². The summed E-state index contributed by atoms with van der Waals surface area (Å²) in [5, 5.41) is 11.8. The maximum absolute atomic E-state index is 11.2. The number of nitrogens with two attached hydrogens (primary N) is 1. The molecule has 0 aromatic carbocycles. The van der Waals surface area contributed by atoms with Crippen LogP contribution >= 0.6 is 0 Å². The molecule has 19 heavy (non-hydrogen) atoms. The van der Waals surface area contributed by atoms with Gasteiger partial charge < -0.3 is 11.1 Å². The average Bonchev–Trinajstić information content (AvgIpc) is 2.25. The quantitative estimate of drug-likeness (QED) is 0.713. The van der Waals surface area contributed by atoms with Gasteiger partial charge in [0.05, 0.1) is 11.9 Å². The fourth-order valence-corrected chi connectivity index (χ4v) is 2.58. The van der Waals surface area contributed by atoms with Gasteiger partial charge in [-0.25, -0.2) is 18.1 Å². The highest BCUT2D eigenvalue weighted by atomic mass is 32.2. The van der Waals surface area contributed by atoms with E-state index in [-0.39, 0.29) is 5.69 Å². The van der Waals surface area contributed by atoms with Crippen LogP contribution < -0.4 is 15.8 Å². The number of nitrogen functional groups attached to an aromatic ring is 1. The second-order valence-electron chi connectivity index (χ2n) is 4.86. The summed E-state index contributed by atoms with van der Waals surface area (Å²) < 4.78 is 24.9. The molecule has 1 aromatic heterocycles. The smallest absolute Gasteiger partial charge is 0.209 e. The number of pyridine rings is 1. The van der Waals surface area contributed by atoms with Crippen LogP contribution in [0.25, 0.3) is 0 Å². The predicted molar refractivity (Wildman–Crippen MR) is 73.9 cm³/mol. The molecule has 0 radical (unpaired) electrons. The van der Waals surface area contributed by atoms with Gasteiger partial charge in [0.2, 0.25) is 10.0 Å². The monoisotopic (exact) mass is 283 g/mol. The van der Waals surface area contributed by atoms with Crippen LogP contribution in [0.1, 0.15) is 19.5 Å². The van der Waals surface area contributed by atoms with Gasteiger partial charge in [0, 0.05) is 12.1 Å². The van der Waals surface area contributed by atoms with Crippen LogP contribution in [0, 0.1) is 11.3 Å². The van der Waals surface area contributed by atoms with Crippen molar-refractivity contribution >= 4 is 21.5 Å². The number of hydrogen-bond donors (Lipinski definition) is 3. The maximum Gasteiger partial charge on any atom is 0.209 e. The van der Waals surface area contributed by atoms with Crippen LogP contribution in [0.15, 0.2) is 12.1 Å². The Morgan fingerprint density at radius 3 is 2.63 bits per heavy atom. The lowest BCUT2D eigenvalue weighted by atomic mass is 10.1. The van der Waals surface area contributed by atoms with Crippen LogP contribution in [0.2, 0.25) is 0 Å². The van der Waals surface area contributed by atoms with Crippen LogP contribution in [-0.4, -0.2) is 31.7 Å². The summed E-state index contributed by atoms with van der Waals surface area (Å²) >= 11 is 0. The minimum Gasteiger partial charge on any atom is -0.396 e. The molecule has 0 spiro atoms. The first kappa shape index (κ1) is 15.2. The van der Waals surface area contributed by atoms with Crippen molar-refractivity contribution < 1.29 is 8.42 Å². The summed E-state index contributed by atoms with van der Waals surface area (Å²) in [6, 6.07) is 5.09. The first-order valence-corrected chi connectivity index (χ1v) is 7.41. The van der Waals surface area contributed by atoms with Crippen molar-refractivity contribution in [2.75, 3.05) is 23.9 Å². The third-order valence-corrected chi connectivity index (χ3v) is 3.13. The standard InChI is InChI=1S/C11H17N5O2S/c1-11(2,16-19(3,17)18)7-14-10-5-4-8(13)9(6-12)15-10/h4-5,16H,7,13H2,1-3H3,(H,14,15). The highest BCUT2D eigenvalue weighted by molar-refractivity contribution is 7.88. The second-order valence-corrected chi connectivity index (χ2v) is 6.61. The zero-order chi connectivity index (χ0) is 14.7. The molecule has 1 rings (SSSR count). The lowest BCUT2D eigenvalue weighted by Crippen LogP contribution is -2.47. The van der Waals surface area contributed by atoms with Crippen molar-refractivity contribution in [3.8, 4) is 6.07 Å². The third-order valence-electron chi connectivity index (χ3n) is 2.21. The summed E-state index contributed by atoms with van der Waals surface area (Å²) in [5.41, 5.74) is 5.33. The van der Waals surface area contributed by atoms with Gasteiger partial charge in [-0.3, -0.25) is 0 Å². The molecule has 4 N–H and O–H groups in total. The number of nitrogens with zero attached hydrogens (tertiary/aromatic N) is 2. The fraction of sp³-hybridized carbons (Fsp3) is 0.455. The van der Waals surface area contributed by atoms with Gasteiger partial charge >= 0.3 is 0 Å². The van der Waals surface area contributed by atoms with E-state index in [1.807, 2.05) is 6.07 Å². The topological polar surface area (TPSA) is 121 Å². The molecule has 0 aliphatic carbocycles. The molecule has 0 atom stereocenters. The van der Waals surface area contributed by atoms with E-state index in [1.54, 1.807) is 26.0 Å². The fourth-order valence-electron chi connectivity index (χ4n) is 1.51. The van der Waals surface area contributed by atoms with Gasteiger partial charge in [0.15, 0.2) is 5.69 Å². The van der Waals surface area contributed by atoms with E-state index in [1.165, 1.54) is 0 Å². The number of aromatic nitrogens is 1. The maximum atomic E-state index is 11.2. The predicted octanol–water partition coefficient (Wildman–Crippen LogP) is 0.275. The molecule has 0 aliphatic heterocycles. The van der Waals surface area contributed by atoms with Gasteiger partial charge in [-0.05, 0) is 26.0 Å². The largest absolute Gasteiger partial charge is 0.396 e. The number of hydrogen-bond acceptors (Lipinski definition) is 6. The van der Waals surface area contributed by atoms with Crippen molar-refractivity contribution in [2.24, 2.45) is 0 Å². The van der Waals surface area contributed by atoms with Crippen LogP contribution in [-0.2, 0) is 10.0 Å². The highest BCUT2D eigenvalue weighted by Crippen LogP contribution is 2.13. The second kappa shape index (κ2) is 5.42. The molecule has 0 bridgehead atoms. The first-order valence-electron chi connectivity index (χ1n) is 5.52. The molecule has 7 nitrogen and oxygen atoms in total. The van der Waals surface area contributed by atoms with E-state index in [0.29, 0.717) is 18.1 Å². The lowest BCUT2D eigenvalue weighted by molar-refractivity contribution is 0.476. The third kappa shape index (κ3) is 5.11. The summed E-state index contributed by atoms with van der Waals surface area (Å²) in [7, 11) is -3.29. The Labute approximate surface area is 112 Å². The number of rotatable bonds is 5. The first-order chi connectivity index (χ1) is 8.63. The molecule has 0 unspecified atom stereocenters. The Morgan fingerprint density at radius 2 is 2.11 bits per heavy atom. The zero-order valence-electron chi connectivity index (χ0n) is 11.1. The Bertz CT molecular complexity index is 604. The van der Waals surface area contributed by atoms with Gasteiger partial charge in [0.1, 0.15) is 11.9 Å². The van der Waals surface area contributed by atoms with Crippen LogP contribution in [0.5, 0.6) is 0 Å². The van der Waals surface area contributed by atoms with Crippen molar-refractivity contribution in [2.45, 2.75) is 19.4 Å². The average molecular weight is 283 g/mol. The van der Waals surface area contributed by atoms with E-state index in [4.69, 9.17) is 11.0 Å². The van der Waals surface area contributed by atoms with Crippen LogP contribution in [0.4, 0.5) is 11.5 Å². The van der Waals surface area contributed by atoms with E-state index in [9.17, 15) is 8.42 Å².